The summed E-state index contributed by atoms with van der Waals surface area (Å²) in [4.78, 5) is 21.2. The smallest absolute Gasteiger partial charge is 0.310 e. The van der Waals surface area contributed by atoms with Crippen LogP contribution in [0.25, 0.3) is 0 Å². The van der Waals surface area contributed by atoms with Crippen molar-refractivity contribution in [3.63, 3.8) is 0 Å². The number of hydrogen-bond acceptors (Lipinski definition) is 3. The molecular formula is C8H15O4P. The van der Waals surface area contributed by atoms with E-state index in [1.54, 1.807) is 13.8 Å². The Labute approximate surface area is 77.7 Å². The number of ketones is 1. The van der Waals surface area contributed by atoms with Gasteiger partial charge in [-0.3, -0.25) is 9.59 Å². The first-order valence-electron chi connectivity index (χ1n) is 4.24. The van der Waals surface area contributed by atoms with Crippen molar-refractivity contribution >= 4 is 18.9 Å². The van der Waals surface area contributed by atoms with Gasteiger partial charge < -0.3 is 9.67 Å². The van der Waals surface area contributed by atoms with Crippen LogP contribution < -0.4 is 0 Å². The van der Waals surface area contributed by atoms with E-state index in [-0.39, 0.29) is 6.16 Å². The molecular weight excluding hydrogens is 191 g/mol. The van der Waals surface area contributed by atoms with Crippen LogP contribution in [0.3, 0.4) is 0 Å². The molecule has 0 aliphatic carbocycles. The van der Waals surface area contributed by atoms with E-state index in [1.807, 2.05) is 0 Å². The second-order valence-corrected chi connectivity index (χ2v) is 6.66. The number of Topliss-reactive ketones (excluding diaryl/α,β-unsaturated/α-hetero) is 1. The van der Waals surface area contributed by atoms with Gasteiger partial charge in [0.1, 0.15) is 6.42 Å². The van der Waals surface area contributed by atoms with E-state index in [9.17, 15) is 14.2 Å². The molecule has 5 heteroatoms. The standard InChI is InChI=1S/C8H15O4P/c1-3-13(12,4-2)6-7(9)5-8(10)11/h3-6H2,1-2H3,(H,10,11). The van der Waals surface area contributed by atoms with Gasteiger partial charge in [0.2, 0.25) is 0 Å². The first-order valence-corrected chi connectivity index (χ1v) is 6.50. The van der Waals surface area contributed by atoms with Crippen LogP contribution in [0.1, 0.15) is 20.3 Å². The summed E-state index contributed by atoms with van der Waals surface area (Å²) in [5.74, 6) is -1.58. The van der Waals surface area contributed by atoms with Crippen LogP contribution in [-0.2, 0) is 14.2 Å². The molecule has 0 heterocycles. The van der Waals surface area contributed by atoms with Crippen LogP contribution in [0.4, 0.5) is 0 Å². The molecule has 0 aromatic heterocycles. The van der Waals surface area contributed by atoms with Crippen molar-refractivity contribution in [3.05, 3.63) is 0 Å². The molecule has 0 aromatic carbocycles. The fraction of sp³-hybridized carbons (Fsp3) is 0.750. The van der Waals surface area contributed by atoms with Crippen molar-refractivity contribution in [2.75, 3.05) is 18.5 Å². The molecule has 0 unspecified atom stereocenters. The molecule has 76 valence electrons. The number of aliphatic carboxylic acids is 1. The highest BCUT2D eigenvalue weighted by Gasteiger charge is 2.22. The van der Waals surface area contributed by atoms with Crippen molar-refractivity contribution in [1.82, 2.24) is 0 Å². The quantitative estimate of drug-likeness (QED) is 0.527. The van der Waals surface area contributed by atoms with Gasteiger partial charge in [0.05, 0.1) is 13.3 Å². The molecule has 13 heavy (non-hydrogen) atoms. The fourth-order valence-electron chi connectivity index (χ4n) is 0.993. The van der Waals surface area contributed by atoms with E-state index in [2.05, 4.69) is 0 Å². The van der Waals surface area contributed by atoms with Gasteiger partial charge in [-0.15, -0.1) is 0 Å². The zero-order valence-corrected chi connectivity index (χ0v) is 8.84. The van der Waals surface area contributed by atoms with Gasteiger partial charge in [-0.1, -0.05) is 13.8 Å². The fourth-order valence-corrected chi connectivity index (χ4v) is 2.64. The van der Waals surface area contributed by atoms with Crippen LogP contribution in [0.2, 0.25) is 0 Å². The third-order valence-electron chi connectivity index (χ3n) is 1.97. The average molecular weight is 206 g/mol. The topological polar surface area (TPSA) is 71.4 Å². The summed E-state index contributed by atoms with van der Waals surface area (Å²) in [5.41, 5.74) is 0. The Morgan fingerprint density at radius 2 is 1.69 bits per heavy atom. The molecule has 0 radical (unpaired) electrons. The van der Waals surface area contributed by atoms with Gasteiger partial charge in [-0.25, -0.2) is 0 Å². The van der Waals surface area contributed by atoms with E-state index in [1.165, 1.54) is 0 Å². The first kappa shape index (κ1) is 12.4. The third-order valence-corrected chi connectivity index (χ3v) is 5.20. The Kier molecular flexibility index (Phi) is 4.92. The number of carbonyl (C=O) groups excluding carboxylic acids is 1. The van der Waals surface area contributed by atoms with Crippen molar-refractivity contribution in [2.45, 2.75) is 20.3 Å². The van der Waals surface area contributed by atoms with Gasteiger partial charge in [0.15, 0.2) is 5.78 Å². The van der Waals surface area contributed by atoms with E-state index in [0.717, 1.165) is 0 Å². The Bertz CT molecular complexity index is 239. The molecule has 1 N–H and O–H groups in total. The van der Waals surface area contributed by atoms with Crippen LogP contribution in [0, 0.1) is 0 Å². The number of carboxylic acids is 1. The zero-order valence-electron chi connectivity index (χ0n) is 7.95. The molecule has 0 amide bonds. The maximum Gasteiger partial charge on any atom is 0.310 e. The number of rotatable bonds is 6. The molecule has 0 fully saturated rings. The minimum absolute atomic E-state index is 0.0632. The predicted octanol–water partition coefficient (Wildman–Crippen LogP) is 1.43. The van der Waals surface area contributed by atoms with Gasteiger partial charge in [0, 0.05) is 0 Å². The lowest BCUT2D eigenvalue weighted by Gasteiger charge is -2.11. The highest BCUT2D eigenvalue weighted by Crippen LogP contribution is 2.44. The summed E-state index contributed by atoms with van der Waals surface area (Å²) in [6.45, 7) is 3.52. The minimum atomic E-state index is -2.41. The Morgan fingerprint density at radius 3 is 2.00 bits per heavy atom. The molecule has 0 bridgehead atoms. The summed E-state index contributed by atoms with van der Waals surface area (Å²) < 4.78 is 11.7. The monoisotopic (exact) mass is 206 g/mol. The molecule has 0 aromatic rings. The highest BCUT2D eigenvalue weighted by atomic mass is 31.2. The van der Waals surface area contributed by atoms with Gasteiger partial charge in [-0.2, -0.15) is 0 Å². The molecule has 0 rings (SSSR count). The summed E-state index contributed by atoms with van der Waals surface area (Å²) in [6, 6.07) is 0. The molecule has 0 aliphatic rings. The van der Waals surface area contributed by atoms with Gasteiger partial charge >= 0.3 is 5.97 Å². The van der Waals surface area contributed by atoms with Crippen LogP contribution in [0.5, 0.6) is 0 Å². The Balaban J connectivity index is 4.18. The average Bonchev–Trinajstić information content (AvgIpc) is 2.02. The zero-order chi connectivity index (χ0) is 10.5. The Morgan fingerprint density at radius 1 is 1.23 bits per heavy atom. The molecule has 0 saturated heterocycles. The van der Waals surface area contributed by atoms with E-state index in [4.69, 9.17) is 5.11 Å². The molecule has 0 aliphatic heterocycles. The molecule has 0 spiro atoms. The highest BCUT2D eigenvalue weighted by molar-refractivity contribution is 7.64. The van der Waals surface area contributed by atoms with Crippen molar-refractivity contribution in [3.8, 4) is 0 Å². The van der Waals surface area contributed by atoms with Gasteiger partial charge in [-0.05, 0) is 12.3 Å². The van der Waals surface area contributed by atoms with Crippen molar-refractivity contribution in [2.24, 2.45) is 0 Å². The van der Waals surface area contributed by atoms with E-state index in [0.29, 0.717) is 12.3 Å². The van der Waals surface area contributed by atoms with Crippen LogP contribution in [-0.4, -0.2) is 35.3 Å². The number of carboxylic acid groups (broad SMARTS) is 1. The normalized spacial score (nSPS) is 11.2. The number of hydrogen-bond donors (Lipinski definition) is 1. The van der Waals surface area contributed by atoms with E-state index < -0.39 is 25.3 Å². The summed E-state index contributed by atoms with van der Waals surface area (Å²) >= 11 is 0. The molecule has 0 atom stereocenters. The van der Waals surface area contributed by atoms with Crippen molar-refractivity contribution in [1.29, 1.82) is 0 Å². The second-order valence-electron chi connectivity index (χ2n) is 2.96. The maximum atomic E-state index is 11.7. The predicted molar refractivity (Wildman–Crippen MR) is 50.8 cm³/mol. The van der Waals surface area contributed by atoms with Crippen LogP contribution in [0.15, 0.2) is 0 Å². The maximum absolute atomic E-state index is 11.7. The lowest BCUT2D eigenvalue weighted by molar-refractivity contribution is -0.139. The first-order chi connectivity index (χ1) is 5.93. The lowest BCUT2D eigenvalue weighted by atomic mass is 10.3. The Hall–Kier alpha value is -0.630. The number of carbonyl (C=O) groups is 2. The third kappa shape index (κ3) is 4.83. The van der Waals surface area contributed by atoms with Gasteiger partial charge in [0.25, 0.3) is 0 Å². The second kappa shape index (κ2) is 5.18. The largest absolute Gasteiger partial charge is 0.481 e. The molecule has 4 nitrogen and oxygen atoms in total. The van der Waals surface area contributed by atoms with Crippen molar-refractivity contribution < 1.29 is 19.3 Å². The molecule has 0 saturated carbocycles. The summed E-state index contributed by atoms with van der Waals surface area (Å²) in [6.07, 6.45) is 0.361. The van der Waals surface area contributed by atoms with E-state index >= 15 is 0 Å². The SMILES string of the molecule is CCP(=O)(CC)CC(=O)CC(=O)O. The summed E-state index contributed by atoms with van der Waals surface area (Å²) in [5, 5.41) is 8.32. The summed E-state index contributed by atoms with van der Waals surface area (Å²) in [7, 11) is -2.41. The minimum Gasteiger partial charge on any atom is -0.481 e. The lowest BCUT2D eigenvalue weighted by Crippen LogP contribution is -2.12. The van der Waals surface area contributed by atoms with Crippen LogP contribution >= 0.6 is 7.14 Å².